The van der Waals surface area contributed by atoms with Gasteiger partial charge in [-0.2, -0.15) is 0 Å². The first-order valence-electron chi connectivity index (χ1n) is 7.46. The smallest absolute Gasteiger partial charge is 0.188 e. The minimum atomic E-state index is -0.187. The molecule has 0 aliphatic heterocycles. The molecule has 3 nitrogen and oxygen atoms in total. The fourth-order valence-electron chi connectivity index (χ4n) is 2.74. The highest BCUT2D eigenvalue weighted by atomic mass is 127. The zero-order chi connectivity index (χ0) is 14.4. The lowest BCUT2D eigenvalue weighted by Crippen LogP contribution is -2.41. The molecular formula is C16H25FIN3. The monoisotopic (exact) mass is 405 g/mol. The second-order valence-corrected chi connectivity index (χ2v) is 5.57. The summed E-state index contributed by atoms with van der Waals surface area (Å²) >= 11 is 0. The third-order valence-electron chi connectivity index (χ3n) is 3.93. The lowest BCUT2D eigenvalue weighted by atomic mass is 9.96. The SMILES string of the molecule is Cc1cc(F)ccc1CCN=C(N)NC1CCCCC1.I. The molecule has 3 N–H and O–H groups in total. The summed E-state index contributed by atoms with van der Waals surface area (Å²) in [6.45, 7) is 2.56. The number of nitrogens with one attached hydrogen (secondary N) is 1. The summed E-state index contributed by atoms with van der Waals surface area (Å²) in [5, 5.41) is 3.30. The third-order valence-corrected chi connectivity index (χ3v) is 3.93. The van der Waals surface area contributed by atoms with Crippen molar-refractivity contribution >= 4 is 29.9 Å². The van der Waals surface area contributed by atoms with E-state index in [9.17, 15) is 4.39 Å². The standard InChI is InChI=1S/C16H24FN3.HI/c1-12-11-14(17)8-7-13(12)9-10-19-16(18)20-15-5-3-2-4-6-15;/h7-8,11,15H,2-6,9-10H2,1H3,(H3,18,19,20);1H. The van der Waals surface area contributed by atoms with Crippen molar-refractivity contribution in [3.8, 4) is 0 Å². The summed E-state index contributed by atoms with van der Waals surface area (Å²) in [5.74, 6) is 0.352. The van der Waals surface area contributed by atoms with Crippen molar-refractivity contribution in [3.63, 3.8) is 0 Å². The summed E-state index contributed by atoms with van der Waals surface area (Å²) in [5.41, 5.74) is 8.01. The van der Waals surface area contributed by atoms with Crippen LogP contribution < -0.4 is 11.1 Å². The van der Waals surface area contributed by atoms with E-state index in [1.807, 2.05) is 13.0 Å². The third kappa shape index (κ3) is 6.20. The quantitative estimate of drug-likeness (QED) is 0.458. The molecule has 1 aromatic rings. The van der Waals surface area contributed by atoms with Crippen LogP contribution in [0.5, 0.6) is 0 Å². The zero-order valence-electron chi connectivity index (χ0n) is 12.6. The van der Waals surface area contributed by atoms with E-state index in [1.165, 1.54) is 38.2 Å². The molecule has 2 rings (SSSR count). The number of guanidine groups is 1. The molecule has 118 valence electrons. The molecule has 0 spiro atoms. The summed E-state index contributed by atoms with van der Waals surface area (Å²) in [6, 6.07) is 5.36. The van der Waals surface area contributed by atoms with Crippen molar-refractivity contribution in [2.45, 2.75) is 51.5 Å². The Morgan fingerprint density at radius 3 is 2.71 bits per heavy atom. The summed E-state index contributed by atoms with van der Waals surface area (Å²) in [4.78, 5) is 4.37. The number of hydrogen-bond acceptors (Lipinski definition) is 1. The maximum atomic E-state index is 13.0. The van der Waals surface area contributed by atoms with Crippen LogP contribution in [0.1, 0.15) is 43.2 Å². The molecule has 0 radical (unpaired) electrons. The van der Waals surface area contributed by atoms with Gasteiger partial charge in [-0.1, -0.05) is 25.3 Å². The van der Waals surface area contributed by atoms with Gasteiger partial charge in [0.25, 0.3) is 0 Å². The van der Waals surface area contributed by atoms with Crippen LogP contribution in [0.25, 0.3) is 0 Å². The topological polar surface area (TPSA) is 50.4 Å². The van der Waals surface area contributed by atoms with E-state index in [0.29, 0.717) is 18.5 Å². The summed E-state index contributed by atoms with van der Waals surface area (Å²) in [6.07, 6.45) is 7.05. The maximum Gasteiger partial charge on any atom is 0.188 e. The Morgan fingerprint density at radius 1 is 1.33 bits per heavy atom. The molecular weight excluding hydrogens is 380 g/mol. The molecule has 0 unspecified atom stereocenters. The molecule has 1 fully saturated rings. The van der Waals surface area contributed by atoms with Gasteiger partial charge in [-0.3, -0.25) is 4.99 Å². The Morgan fingerprint density at radius 2 is 2.05 bits per heavy atom. The Hall–Kier alpha value is -0.850. The van der Waals surface area contributed by atoms with Crippen molar-refractivity contribution in [2.24, 2.45) is 10.7 Å². The predicted octanol–water partition coefficient (Wildman–Crippen LogP) is 3.53. The van der Waals surface area contributed by atoms with E-state index in [0.717, 1.165) is 17.5 Å². The Labute approximate surface area is 143 Å². The normalized spacial score (nSPS) is 16.4. The van der Waals surface area contributed by atoms with Gasteiger partial charge in [0.1, 0.15) is 5.82 Å². The van der Waals surface area contributed by atoms with Gasteiger partial charge in [0.05, 0.1) is 0 Å². The van der Waals surface area contributed by atoms with Gasteiger partial charge in [-0.15, -0.1) is 24.0 Å². The largest absolute Gasteiger partial charge is 0.370 e. The van der Waals surface area contributed by atoms with Crippen molar-refractivity contribution < 1.29 is 4.39 Å². The van der Waals surface area contributed by atoms with Crippen LogP contribution in [0, 0.1) is 12.7 Å². The van der Waals surface area contributed by atoms with Crippen molar-refractivity contribution in [1.29, 1.82) is 0 Å². The maximum absolute atomic E-state index is 13.0. The number of nitrogens with two attached hydrogens (primary N) is 1. The summed E-state index contributed by atoms with van der Waals surface area (Å²) < 4.78 is 13.0. The number of benzene rings is 1. The van der Waals surface area contributed by atoms with Gasteiger partial charge in [0.15, 0.2) is 5.96 Å². The van der Waals surface area contributed by atoms with E-state index in [1.54, 1.807) is 6.07 Å². The van der Waals surface area contributed by atoms with E-state index in [2.05, 4.69) is 10.3 Å². The highest BCUT2D eigenvalue weighted by Gasteiger charge is 2.13. The highest BCUT2D eigenvalue weighted by molar-refractivity contribution is 14.0. The van der Waals surface area contributed by atoms with Gasteiger partial charge in [0.2, 0.25) is 0 Å². The summed E-state index contributed by atoms with van der Waals surface area (Å²) in [7, 11) is 0. The van der Waals surface area contributed by atoms with Gasteiger partial charge in [-0.05, 0) is 49.4 Å². The van der Waals surface area contributed by atoms with Crippen LogP contribution in [-0.4, -0.2) is 18.5 Å². The number of nitrogens with zero attached hydrogens (tertiary/aromatic N) is 1. The Kier molecular flexibility index (Phi) is 8.00. The highest BCUT2D eigenvalue weighted by Crippen LogP contribution is 2.17. The number of aryl methyl sites for hydroxylation is 1. The number of halogens is 2. The van der Waals surface area contributed by atoms with E-state index >= 15 is 0 Å². The molecule has 1 aromatic carbocycles. The minimum absolute atomic E-state index is 0. The lowest BCUT2D eigenvalue weighted by molar-refractivity contribution is 0.412. The molecule has 0 atom stereocenters. The van der Waals surface area contributed by atoms with Gasteiger partial charge >= 0.3 is 0 Å². The Balaban J connectivity index is 0.00000220. The van der Waals surface area contributed by atoms with Crippen LogP contribution >= 0.6 is 24.0 Å². The van der Waals surface area contributed by atoms with Gasteiger partial charge in [0, 0.05) is 12.6 Å². The second kappa shape index (κ2) is 9.23. The predicted molar refractivity (Wildman–Crippen MR) is 96.8 cm³/mol. The van der Waals surface area contributed by atoms with Crippen molar-refractivity contribution in [2.75, 3.05) is 6.54 Å². The molecule has 0 heterocycles. The molecule has 1 aliphatic rings. The molecule has 0 bridgehead atoms. The number of hydrogen-bond donors (Lipinski definition) is 2. The zero-order valence-corrected chi connectivity index (χ0v) is 14.9. The molecule has 0 saturated heterocycles. The van der Waals surface area contributed by atoms with Crippen LogP contribution in [0.15, 0.2) is 23.2 Å². The average molecular weight is 405 g/mol. The molecule has 1 aliphatic carbocycles. The lowest BCUT2D eigenvalue weighted by Gasteiger charge is -2.23. The van der Waals surface area contributed by atoms with Crippen LogP contribution in [0.4, 0.5) is 4.39 Å². The van der Waals surface area contributed by atoms with Gasteiger partial charge < -0.3 is 11.1 Å². The first-order valence-corrected chi connectivity index (χ1v) is 7.46. The van der Waals surface area contributed by atoms with Crippen LogP contribution in [-0.2, 0) is 6.42 Å². The van der Waals surface area contributed by atoms with Crippen molar-refractivity contribution in [1.82, 2.24) is 5.32 Å². The molecule has 0 amide bonds. The number of aliphatic imine (C=N–C) groups is 1. The Bertz CT molecular complexity index is 471. The van der Waals surface area contributed by atoms with Crippen molar-refractivity contribution in [3.05, 3.63) is 35.1 Å². The van der Waals surface area contributed by atoms with E-state index < -0.39 is 0 Å². The molecule has 21 heavy (non-hydrogen) atoms. The second-order valence-electron chi connectivity index (χ2n) is 5.57. The fraction of sp³-hybridized carbons (Fsp3) is 0.562. The van der Waals surface area contributed by atoms with E-state index in [4.69, 9.17) is 5.73 Å². The molecule has 1 saturated carbocycles. The molecule has 5 heteroatoms. The van der Waals surface area contributed by atoms with Gasteiger partial charge in [-0.25, -0.2) is 4.39 Å². The molecule has 0 aromatic heterocycles. The van der Waals surface area contributed by atoms with Crippen LogP contribution in [0.2, 0.25) is 0 Å². The van der Waals surface area contributed by atoms with E-state index in [-0.39, 0.29) is 29.8 Å². The van der Waals surface area contributed by atoms with Crippen LogP contribution in [0.3, 0.4) is 0 Å². The first kappa shape index (κ1) is 18.2. The average Bonchev–Trinajstić information content (AvgIpc) is 2.42. The number of rotatable bonds is 4. The minimum Gasteiger partial charge on any atom is -0.370 e. The first-order chi connectivity index (χ1) is 9.65. The fourth-order valence-corrected chi connectivity index (χ4v) is 2.74.